The van der Waals surface area contributed by atoms with Crippen molar-refractivity contribution in [2.45, 2.75) is 19.3 Å². The molecule has 2 aromatic rings. The van der Waals surface area contributed by atoms with Crippen molar-refractivity contribution in [3.05, 3.63) is 29.8 Å². The van der Waals surface area contributed by atoms with Crippen LogP contribution in [0.25, 0.3) is 0 Å². The SMILES string of the molecule is COc1ccccc1OCC(=O)Nc1nn(C)c2c1[C@@H](C)CC(=O)N2. The molecule has 0 bridgehead atoms. The van der Waals surface area contributed by atoms with Crippen molar-refractivity contribution < 1.29 is 19.1 Å². The van der Waals surface area contributed by atoms with Crippen molar-refractivity contribution in [2.24, 2.45) is 7.05 Å². The standard InChI is InChI=1S/C17H20N4O4/c1-10-8-13(22)19-17-15(10)16(20-21(17)2)18-14(23)9-25-12-7-5-4-6-11(12)24-3/h4-7,10H,8-9H2,1-3H3,(H,19,22)(H,18,20,23)/t10-/m0/s1. The highest BCUT2D eigenvalue weighted by Gasteiger charge is 2.29. The van der Waals surface area contributed by atoms with E-state index in [4.69, 9.17) is 9.47 Å². The van der Waals surface area contributed by atoms with Crippen LogP contribution in [0.2, 0.25) is 0 Å². The fraction of sp³-hybridized carbons (Fsp3) is 0.353. The number of rotatable bonds is 5. The molecule has 0 fully saturated rings. The molecule has 132 valence electrons. The first-order valence-corrected chi connectivity index (χ1v) is 7.92. The number of nitrogens with one attached hydrogen (secondary N) is 2. The molecule has 1 aliphatic rings. The molecule has 0 unspecified atom stereocenters. The topological polar surface area (TPSA) is 94.5 Å². The number of anilines is 2. The Balaban J connectivity index is 1.70. The first-order valence-electron chi connectivity index (χ1n) is 7.92. The van der Waals surface area contributed by atoms with Crippen LogP contribution < -0.4 is 20.1 Å². The lowest BCUT2D eigenvalue weighted by molar-refractivity contribution is -0.118. The zero-order chi connectivity index (χ0) is 18.0. The molecule has 0 saturated carbocycles. The van der Waals surface area contributed by atoms with Crippen LogP contribution in [0.1, 0.15) is 24.8 Å². The van der Waals surface area contributed by atoms with Gasteiger partial charge in [-0.2, -0.15) is 5.10 Å². The summed E-state index contributed by atoms with van der Waals surface area (Å²) in [4.78, 5) is 23.9. The fourth-order valence-electron chi connectivity index (χ4n) is 2.86. The minimum Gasteiger partial charge on any atom is -0.493 e. The van der Waals surface area contributed by atoms with Gasteiger partial charge in [0, 0.05) is 19.0 Å². The Morgan fingerprint density at radius 2 is 2.12 bits per heavy atom. The Morgan fingerprint density at radius 1 is 1.40 bits per heavy atom. The predicted octanol–water partition coefficient (Wildman–Crippen LogP) is 1.89. The second kappa shape index (κ2) is 6.84. The number of carbonyl (C=O) groups excluding carboxylic acids is 2. The number of carbonyl (C=O) groups is 2. The van der Waals surface area contributed by atoms with Crippen molar-refractivity contribution in [2.75, 3.05) is 24.4 Å². The smallest absolute Gasteiger partial charge is 0.263 e. The van der Waals surface area contributed by atoms with E-state index in [-0.39, 0.29) is 24.3 Å². The molecule has 0 aliphatic carbocycles. The van der Waals surface area contributed by atoms with Crippen molar-refractivity contribution in [1.82, 2.24) is 9.78 Å². The maximum Gasteiger partial charge on any atom is 0.263 e. The highest BCUT2D eigenvalue weighted by molar-refractivity contribution is 5.97. The normalized spacial score (nSPS) is 16.0. The number of amides is 2. The molecular weight excluding hydrogens is 324 g/mol. The number of hydrogen-bond donors (Lipinski definition) is 2. The van der Waals surface area contributed by atoms with Gasteiger partial charge >= 0.3 is 0 Å². The van der Waals surface area contributed by atoms with E-state index in [1.54, 1.807) is 29.9 Å². The molecule has 1 atom stereocenters. The van der Waals surface area contributed by atoms with Crippen LogP contribution in [0, 0.1) is 0 Å². The van der Waals surface area contributed by atoms with E-state index in [0.717, 1.165) is 5.56 Å². The van der Waals surface area contributed by atoms with E-state index in [9.17, 15) is 9.59 Å². The molecule has 25 heavy (non-hydrogen) atoms. The Kier molecular flexibility index (Phi) is 4.60. The number of benzene rings is 1. The molecule has 1 aromatic carbocycles. The van der Waals surface area contributed by atoms with E-state index in [1.807, 2.05) is 13.0 Å². The second-order valence-electron chi connectivity index (χ2n) is 5.88. The Bertz CT molecular complexity index is 815. The molecule has 3 rings (SSSR count). The molecule has 8 heteroatoms. The second-order valence-corrected chi connectivity index (χ2v) is 5.88. The van der Waals surface area contributed by atoms with Gasteiger partial charge in [0.1, 0.15) is 5.82 Å². The van der Waals surface area contributed by atoms with Crippen LogP contribution in [0.4, 0.5) is 11.6 Å². The quantitative estimate of drug-likeness (QED) is 0.864. The molecule has 1 aromatic heterocycles. The number of fused-ring (bicyclic) bond motifs is 1. The summed E-state index contributed by atoms with van der Waals surface area (Å²) in [5.41, 5.74) is 0.827. The van der Waals surface area contributed by atoms with E-state index in [2.05, 4.69) is 15.7 Å². The Hall–Kier alpha value is -3.03. The maximum atomic E-state index is 12.2. The van der Waals surface area contributed by atoms with Crippen molar-refractivity contribution in [3.8, 4) is 11.5 Å². The van der Waals surface area contributed by atoms with Crippen molar-refractivity contribution >= 4 is 23.5 Å². The highest BCUT2D eigenvalue weighted by atomic mass is 16.5. The number of para-hydroxylation sites is 2. The van der Waals surface area contributed by atoms with E-state index < -0.39 is 0 Å². The van der Waals surface area contributed by atoms with Crippen molar-refractivity contribution in [1.29, 1.82) is 0 Å². The predicted molar refractivity (Wildman–Crippen MR) is 92.0 cm³/mol. The zero-order valence-corrected chi connectivity index (χ0v) is 14.3. The number of nitrogens with zero attached hydrogens (tertiary/aromatic N) is 2. The molecule has 0 spiro atoms. The molecule has 8 nitrogen and oxygen atoms in total. The molecular formula is C17H20N4O4. The van der Waals surface area contributed by atoms with Gasteiger partial charge in [0.05, 0.1) is 7.11 Å². The molecule has 0 saturated heterocycles. The first kappa shape index (κ1) is 16.8. The third-order valence-corrected chi connectivity index (χ3v) is 4.01. The number of hydrogen-bond acceptors (Lipinski definition) is 5. The summed E-state index contributed by atoms with van der Waals surface area (Å²) in [5.74, 6) is 1.69. The van der Waals surface area contributed by atoms with Crippen LogP contribution in [-0.2, 0) is 16.6 Å². The van der Waals surface area contributed by atoms with Gasteiger partial charge in [0.25, 0.3) is 5.91 Å². The Labute approximate surface area is 145 Å². The lowest BCUT2D eigenvalue weighted by Gasteiger charge is -2.20. The minimum atomic E-state index is -0.337. The average molecular weight is 344 g/mol. The van der Waals surface area contributed by atoms with Gasteiger partial charge in [-0.1, -0.05) is 19.1 Å². The molecule has 2 amide bonds. The van der Waals surface area contributed by atoms with E-state index in [1.165, 1.54) is 7.11 Å². The van der Waals surface area contributed by atoms with Crippen LogP contribution in [0.3, 0.4) is 0 Å². The van der Waals surface area contributed by atoms with Crippen LogP contribution in [0.15, 0.2) is 24.3 Å². The van der Waals surface area contributed by atoms with Gasteiger partial charge in [-0.15, -0.1) is 0 Å². The van der Waals surface area contributed by atoms with Gasteiger partial charge < -0.3 is 20.1 Å². The number of ether oxygens (including phenoxy) is 2. The van der Waals surface area contributed by atoms with Gasteiger partial charge in [-0.3, -0.25) is 14.3 Å². The number of aromatic nitrogens is 2. The van der Waals surface area contributed by atoms with Gasteiger partial charge in [-0.25, -0.2) is 0 Å². The zero-order valence-electron chi connectivity index (χ0n) is 14.3. The van der Waals surface area contributed by atoms with Gasteiger partial charge in [0.15, 0.2) is 23.9 Å². The Morgan fingerprint density at radius 3 is 2.84 bits per heavy atom. The van der Waals surface area contributed by atoms with Crippen LogP contribution >= 0.6 is 0 Å². The van der Waals surface area contributed by atoms with Gasteiger partial charge in [0.2, 0.25) is 5.91 Å². The fourth-order valence-corrected chi connectivity index (χ4v) is 2.86. The number of aryl methyl sites for hydroxylation is 1. The lowest BCUT2D eigenvalue weighted by Crippen LogP contribution is -2.24. The third-order valence-electron chi connectivity index (χ3n) is 4.01. The molecule has 2 heterocycles. The molecule has 2 N–H and O–H groups in total. The monoisotopic (exact) mass is 344 g/mol. The van der Waals surface area contributed by atoms with E-state index in [0.29, 0.717) is 29.6 Å². The molecule has 0 radical (unpaired) electrons. The summed E-state index contributed by atoms with van der Waals surface area (Å²) in [7, 11) is 3.26. The largest absolute Gasteiger partial charge is 0.493 e. The summed E-state index contributed by atoms with van der Waals surface area (Å²) in [6, 6.07) is 7.11. The lowest BCUT2D eigenvalue weighted by atomic mass is 9.95. The number of methoxy groups -OCH3 is 1. The first-order chi connectivity index (χ1) is 12.0. The average Bonchev–Trinajstić information content (AvgIpc) is 2.89. The summed E-state index contributed by atoms with van der Waals surface area (Å²) in [6.45, 7) is 1.76. The maximum absolute atomic E-state index is 12.2. The summed E-state index contributed by atoms with van der Waals surface area (Å²) >= 11 is 0. The third kappa shape index (κ3) is 3.42. The summed E-state index contributed by atoms with van der Waals surface area (Å²) in [5, 5.41) is 9.84. The van der Waals surface area contributed by atoms with Crippen molar-refractivity contribution in [3.63, 3.8) is 0 Å². The minimum absolute atomic E-state index is 0.0251. The summed E-state index contributed by atoms with van der Waals surface area (Å²) < 4.78 is 12.3. The van der Waals surface area contributed by atoms with E-state index >= 15 is 0 Å². The van der Waals surface area contributed by atoms with Crippen LogP contribution in [-0.4, -0.2) is 35.3 Å². The highest BCUT2D eigenvalue weighted by Crippen LogP contribution is 2.36. The van der Waals surface area contributed by atoms with Crippen LogP contribution in [0.5, 0.6) is 11.5 Å². The molecule has 1 aliphatic heterocycles. The van der Waals surface area contributed by atoms with Gasteiger partial charge in [-0.05, 0) is 18.1 Å². The summed E-state index contributed by atoms with van der Waals surface area (Å²) in [6.07, 6.45) is 0.360.